The molecule has 0 amide bonds. The van der Waals surface area contributed by atoms with E-state index in [1.165, 1.54) is 6.07 Å². The average Bonchev–Trinajstić information content (AvgIpc) is 2.61. The van der Waals surface area contributed by atoms with Gasteiger partial charge in [-0.15, -0.1) is 0 Å². The third kappa shape index (κ3) is 6.50. The summed E-state index contributed by atoms with van der Waals surface area (Å²) in [5.41, 5.74) is 0.414. The number of hydrogen-bond donors (Lipinski definition) is 2. The van der Waals surface area contributed by atoms with E-state index in [0.717, 1.165) is 38.5 Å². The van der Waals surface area contributed by atoms with Crippen LogP contribution in [0.15, 0.2) is 18.2 Å². The Bertz CT molecular complexity index is 533. The summed E-state index contributed by atoms with van der Waals surface area (Å²) in [7, 11) is 0. The SMILES string of the molecule is CCCCOC(CCCC)(OCCCC)c1cccc(OC(=O)O)c1O. The van der Waals surface area contributed by atoms with Crippen LogP contribution in [0.25, 0.3) is 0 Å². The number of phenols is 1. The van der Waals surface area contributed by atoms with Crippen LogP contribution in [0.5, 0.6) is 11.5 Å². The van der Waals surface area contributed by atoms with Crippen LogP contribution < -0.4 is 4.74 Å². The van der Waals surface area contributed by atoms with Crippen LogP contribution in [0.2, 0.25) is 0 Å². The van der Waals surface area contributed by atoms with Gasteiger partial charge in [0.15, 0.2) is 17.3 Å². The fourth-order valence-corrected chi connectivity index (χ4v) is 2.65. The lowest BCUT2D eigenvalue weighted by atomic mass is 9.97. The number of ether oxygens (including phenoxy) is 3. The first-order chi connectivity index (χ1) is 12.5. The molecular formula is C20H32O6. The molecule has 0 saturated heterocycles. The highest BCUT2D eigenvalue weighted by atomic mass is 16.7. The van der Waals surface area contributed by atoms with Crippen molar-refractivity contribution in [2.45, 2.75) is 71.5 Å². The van der Waals surface area contributed by atoms with E-state index in [0.29, 0.717) is 25.2 Å². The van der Waals surface area contributed by atoms with Crippen LogP contribution in [0.1, 0.15) is 71.3 Å². The fraction of sp³-hybridized carbons (Fsp3) is 0.650. The second kappa shape index (κ2) is 11.8. The standard InChI is InChI=1S/C20H32O6/c1-4-7-13-20(24-14-8-5-2,25-15-9-6-3)16-11-10-12-17(18(16)21)26-19(22)23/h10-12,21H,4-9,13-15H2,1-3H3,(H,22,23). The highest BCUT2D eigenvalue weighted by Crippen LogP contribution is 2.42. The Morgan fingerprint density at radius 2 is 1.58 bits per heavy atom. The summed E-state index contributed by atoms with van der Waals surface area (Å²) in [6, 6.07) is 4.76. The van der Waals surface area contributed by atoms with Crippen molar-refractivity contribution < 1.29 is 29.2 Å². The first kappa shape index (κ1) is 22.3. The fourth-order valence-electron chi connectivity index (χ4n) is 2.65. The summed E-state index contributed by atoms with van der Waals surface area (Å²) in [5, 5.41) is 19.5. The van der Waals surface area contributed by atoms with Crippen molar-refractivity contribution in [2.24, 2.45) is 0 Å². The summed E-state index contributed by atoms with van der Waals surface area (Å²) in [6.07, 6.45) is 4.59. The minimum absolute atomic E-state index is 0.117. The highest BCUT2D eigenvalue weighted by Gasteiger charge is 2.37. The van der Waals surface area contributed by atoms with Gasteiger partial charge in [-0.05, 0) is 31.4 Å². The molecule has 0 unspecified atom stereocenters. The van der Waals surface area contributed by atoms with Gasteiger partial charge >= 0.3 is 6.16 Å². The number of hydrogen-bond acceptors (Lipinski definition) is 5. The van der Waals surface area contributed by atoms with Gasteiger partial charge in [0.25, 0.3) is 0 Å². The molecule has 6 heteroatoms. The molecule has 0 saturated carbocycles. The Kier molecular flexibility index (Phi) is 10.1. The Balaban J connectivity index is 3.27. The van der Waals surface area contributed by atoms with Gasteiger partial charge < -0.3 is 24.4 Å². The maximum Gasteiger partial charge on any atom is 0.511 e. The summed E-state index contributed by atoms with van der Waals surface area (Å²) < 4.78 is 17.0. The summed E-state index contributed by atoms with van der Waals surface area (Å²) in [4.78, 5) is 10.9. The number of rotatable bonds is 13. The minimum atomic E-state index is -1.48. The third-order valence-corrected chi connectivity index (χ3v) is 4.13. The molecule has 0 heterocycles. The van der Waals surface area contributed by atoms with E-state index in [9.17, 15) is 9.90 Å². The predicted molar refractivity (Wildman–Crippen MR) is 99.7 cm³/mol. The molecule has 0 atom stereocenters. The highest BCUT2D eigenvalue weighted by molar-refractivity contribution is 5.63. The van der Waals surface area contributed by atoms with Gasteiger partial charge in [0.2, 0.25) is 0 Å². The Morgan fingerprint density at radius 1 is 1.00 bits per heavy atom. The predicted octanol–water partition coefficient (Wildman–Crippen LogP) is 5.43. The zero-order chi connectivity index (χ0) is 19.4. The van der Waals surface area contributed by atoms with Gasteiger partial charge in [-0.1, -0.05) is 46.1 Å². The third-order valence-electron chi connectivity index (χ3n) is 4.13. The summed E-state index contributed by atoms with van der Waals surface area (Å²) in [5.74, 6) is -1.48. The average molecular weight is 368 g/mol. The van der Waals surface area contributed by atoms with E-state index in [1.807, 2.05) is 0 Å². The van der Waals surface area contributed by atoms with Crippen molar-refractivity contribution in [3.8, 4) is 11.5 Å². The number of carbonyl (C=O) groups is 1. The molecule has 2 N–H and O–H groups in total. The van der Waals surface area contributed by atoms with Gasteiger partial charge in [0.05, 0.1) is 18.8 Å². The van der Waals surface area contributed by atoms with E-state index in [2.05, 4.69) is 20.8 Å². The second-order valence-electron chi connectivity index (χ2n) is 6.28. The lowest BCUT2D eigenvalue weighted by molar-refractivity contribution is -0.253. The molecule has 6 nitrogen and oxygen atoms in total. The number of phenolic OH excluding ortho intramolecular Hbond substituents is 1. The summed E-state index contributed by atoms with van der Waals surface area (Å²) in [6.45, 7) is 7.22. The van der Waals surface area contributed by atoms with E-state index in [1.54, 1.807) is 12.1 Å². The molecule has 0 radical (unpaired) electrons. The van der Waals surface area contributed by atoms with Gasteiger partial charge in [0.1, 0.15) is 0 Å². The zero-order valence-corrected chi connectivity index (χ0v) is 16.1. The molecule has 0 aromatic heterocycles. The van der Waals surface area contributed by atoms with Crippen molar-refractivity contribution in [3.05, 3.63) is 23.8 Å². The van der Waals surface area contributed by atoms with E-state index in [-0.39, 0.29) is 11.5 Å². The largest absolute Gasteiger partial charge is 0.511 e. The number of aromatic hydroxyl groups is 1. The maximum absolute atomic E-state index is 10.9. The summed E-state index contributed by atoms with van der Waals surface area (Å²) >= 11 is 0. The zero-order valence-electron chi connectivity index (χ0n) is 16.1. The van der Waals surface area contributed by atoms with Gasteiger partial charge in [-0.2, -0.15) is 0 Å². The molecular weight excluding hydrogens is 336 g/mol. The van der Waals surface area contributed by atoms with Crippen molar-refractivity contribution in [1.29, 1.82) is 0 Å². The molecule has 26 heavy (non-hydrogen) atoms. The second-order valence-corrected chi connectivity index (χ2v) is 6.28. The smallest absolute Gasteiger partial charge is 0.504 e. The Labute approximate surface area is 156 Å². The van der Waals surface area contributed by atoms with Gasteiger partial charge in [0, 0.05) is 6.42 Å². The molecule has 0 fully saturated rings. The molecule has 1 aromatic rings. The Morgan fingerprint density at radius 3 is 2.08 bits per heavy atom. The number of carboxylic acid groups (broad SMARTS) is 1. The molecule has 0 bridgehead atoms. The van der Waals surface area contributed by atoms with Crippen LogP contribution >= 0.6 is 0 Å². The lowest BCUT2D eigenvalue weighted by Gasteiger charge is -2.35. The topological polar surface area (TPSA) is 85.2 Å². The van der Waals surface area contributed by atoms with Crippen LogP contribution in [0.3, 0.4) is 0 Å². The van der Waals surface area contributed by atoms with Crippen molar-refractivity contribution in [1.82, 2.24) is 0 Å². The minimum Gasteiger partial charge on any atom is -0.504 e. The molecule has 0 aliphatic heterocycles. The van der Waals surface area contributed by atoms with E-state index < -0.39 is 11.9 Å². The van der Waals surface area contributed by atoms with Crippen LogP contribution in [-0.2, 0) is 15.3 Å². The monoisotopic (exact) mass is 368 g/mol. The normalized spacial score (nSPS) is 11.5. The molecule has 1 rings (SSSR count). The van der Waals surface area contributed by atoms with Crippen molar-refractivity contribution >= 4 is 6.16 Å². The van der Waals surface area contributed by atoms with Crippen LogP contribution in [0, 0.1) is 0 Å². The Hall–Kier alpha value is -1.79. The van der Waals surface area contributed by atoms with Gasteiger partial charge in [-0.3, -0.25) is 0 Å². The first-order valence-electron chi connectivity index (χ1n) is 9.51. The molecule has 0 aliphatic carbocycles. The molecule has 1 aromatic carbocycles. The molecule has 0 aliphatic rings. The molecule has 0 spiro atoms. The maximum atomic E-state index is 10.9. The first-order valence-corrected chi connectivity index (χ1v) is 9.51. The molecule has 148 valence electrons. The quantitative estimate of drug-likeness (QED) is 0.209. The van der Waals surface area contributed by atoms with E-state index >= 15 is 0 Å². The lowest BCUT2D eigenvalue weighted by Crippen LogP contribution is -2.34. The van der Waals surface area contributed by atoms with E-state index in [4.69, 9.17) is 19.3 Å². The number of benzene rings is 1. The van der Waals surface area contributed by atoms with Crippen molar-refractivity contribution in [2.75, 3.05) is 13.2 Å². The van der Waals surface area contributed by atoms with Gasteiger partial charge in [-0.25, -0.2) is 4.79 Å². The van der Waals surface area contributed by atoms with Crippen molar-refractivity contribution in [3.63, 3.8) is 0 Å². The van der Waals surface area contributed by atoms with Crippen LogP contribution in [0.4, 0.5) is 4.79 Å². The number of unbranched alkanes of at least 4 members (excludes halogenated alkanes) is 3. The van der Waals surface area contributed by atoms with Crippen LogP contribution in [-0.4, -0.2) is 29.6 Å². The number of para-hydroxylation sites is 1.